The Labute approximate surface area is 189 Å². The number of thioether (sulfide) groups is 1. The molecular weight excluding hydrogens is 501 g/mol. The third-order valence-corrected chi connectivity index (χ3v) is 6.37. The number of anilines is 1. The predicted octanol–water partition coefficient (Wildman–Crippen LogP) is 7.42. The Bertz CT molecular complexity index is 1130. The number of benzene rings is 2. The summed E-state index contributed by atoms with van der Waals surface area (Å²) in [5.74, 6) is 0.917. The van der Waals surface area contributed by atoms with Crippen LogP contribution in [0.2, 0.25) is 10.0 Å². The van der Waals surface area contributed by atoms with E-state index in [1.54, 1.807) is 36.4 Å². The first kappa shape index (κ1) is 19.7. The number of nitrogens with zero attached hydrogens (tertiary/aromatic N) is 1. The number of furan rings is 1. The lowest BCUT2D eigenvalue weighted by Gasteiger charge is -2.14. The number of rotatable bonds is 3. The van der Waals surface area contributed by atoms with Crippen molar-refractivity contribution in [3.63, 3.8) is 0 Å². The molecule has 3 aromatic rings. The van der Waals surface area contributed by atoms with E-state index in [9.17, 15) is 4.79 Å². The smallest absolute Gasteiger partial charge is 0.270 e. The van der Waals surface area contributed by atoms with Gasteiger partial charge in [0.15, 0.2) is 4.32 Å². The van der Waals surface area contributed by atoms with Crippen molar-refractivity contribution in [1.82, 2.24) is 0 Å². The zero-order valence-corrected chi connectivity index (χ0v) is 18.7. The van der Waals surface area contributed by atoms with Crippen LogP contribution in [0.4, 0.5) is 5.69 Å². The largest absolute Gasteiger partial charge is 0.457 e. The van der Waals surface area contributed by atoms with E-state index in [0.717, 1.165) is 10.2 Å². The Hall–Kier alpha value is -1.57. The molecule has 1 amide bonds. The maximum absolute atomic E-state index is 12.8. The minimum Gasteiger partial charge on any atom is -0.457 e. The van der Waals surface area contributed by atoms with E-state index in [0.29, 0.717) is 36.4 Å². The highest BCUT2D eigenvalue weighted by Crippen LogP contribution is 2.37. The molecule has 0 saturated carbocycles. The van der Waals surface area contributed by atoms with E-state index in [1.165, 1.54) is 16.7 Å². The number of carbonyl (C=O) groups excluding carboxylic acids is 1. The van der Waals surface area contributed by atoms with E-state index in [-0.39, 0.29) is 5.91 Å². The Morgan fingerprint density at radius 1 is 1.07 bits per heavy atom. The van der Waals surface area contributed by atoms with Crippen molar-refractivity contribution < 1.29 is 9.21 Å². The van der Waals surface area contributed by atoms with Crippen LogP contribution in [-0.4, -0.2) is 10.2 Å². The first-order valence-electron chi connectivity index (χ1n) is 8.01. The molecule has 0 unspecified atom stereocenters. The van der Waals surface area contributed by atoms with Gasteiger partial charge < -0.3 is 4.42 Å². The average molecular weight is 511 g/mol. The Morgan fingerprint density at radius 2 is 1.82 bits per heavy atom. The summed E-state index contributed by atoms with van der Waals surface area (Å²) in [5.41, 5.74) is 1.41. The van der Waals surface area contributed by atoms with E-state index >= 15 is 0 Å². The minimum atomic E-state index is -0.184. The predicted molar refractivity (Wildman–Crippen MR) is 124 cm³/mol. The second-order valence-corrected chi connectivity index (χ2v) is 9.25. The van der Waals surface area contributed by atoms with Crippen LogP contribution in [0.25, 0.3) is 17.4 Å². The lowest BCUT2D eigenvalue weighted by Crippen LogP contribution is -2.27. The normalized spacial score (nSPS) is 15.7. The molecule has 1 saturated heterocycles. The van der Waals surface area contributed by atoms with E-state index < -0.39 is 0 Å². The molecule has 0 radical (unpaired) electrons. The summed E-state index contributed by atoms with van der Waals surface area (Å²) in [4.78, 5) is 14.8. The van der Waals surface area contributed by atoms with Crippen molar-refractivity contribution in [3.8, 4) is 11.3 Å². The number of thiocarbonyl (C=S) groups is 1. The molecule has 0 N–H and O–H groups in total. The monoisotopic (exact) mass is 509 g/mol. The molecule has 0 bridgehead atoms. The minimum absolute atomic E-state index is 0.184. The fourth-order valence-corrected chi connectivity index (χ4v) is 4.60. The van der Waals surface area contributed by atoms with Crippen molar-refractivity contribution in [2.45, 2.75) is 0 Å². The topological polar surface area (TPSA) is 33.5 Å². The third kappa shape index (κ3) is 3.93. The van der Waals surface area contributed by atoms with Crippen molar-refractivity contribution in [2.24, 2.45) is 0 Å². The summed E-state index contributed by atoms with van der Waals surface area (Å²) in [7, 11) is 0. The molecular formula is C20H10BrCl2NO2S2. The van der Waals surface area contributed by atoms with E-state index in [2.05, 4.69) is 15.9 Å². The van der Waals surface area contributed by atoms with Crippen molar-refractivity contribution in [2.75, 3.05) is 4.90 Å². The van der Waals surface area contributed by atoms with Gasteiger partial charge in [0.1, 0.15) is 11.5 Å². The summed E-state index contributed by atoms with van der Waals surface area (Å²) < 4.78 is 7.26. The maximum atomic E-state index is 12.8. The van der Waals surface area contributed by atoms with Crippen molar-refractivity contribution in [1.29, 1.82) is 0 Å². The van der Waals surface area contributed by atoms with Crippen LogP contribution in [0.1, 0.15) is 5.76 Å². The standard InChI is InChI=1S/C20H10BrCl2NO2S2/c21-11-1-4-13(5-2-11)24-19(25)18(28-20(24)27)10-14-6-8-17(26-14)15-9-12(22)3-7-16(15)23/h1-10H/b18-10+. The van der Waals surface area contributed by atoms with Crippen LogP contribution in [0.15, 0.2) is 68.4 Å². The first-order valence-corrected chi connectivity index (χ1v) is 10.8. The van der Waals surface area contributed by atoms with Gasteiger partial charge in [0, 0.05) is 21.1 Å². The van der Waals surface area contributed by atoms with Crippen LogP contribution in [0.5, 0.6) is 0 Å². The van der Waals surface area contributed by atoms with Gasteiger partial charge in [-0.05, 0) is 54.6 Å². The first-order chi connectivity index (χ1) is 13.4. The Morgan fingerprint density at radius 3 is 2.57 bits per heavy atom. The van der Waals surface area contributed by atoms with Crippen molar-refractivity contribution >= 4 is 85.1 Å². The van der Waals surface area contributed by atoms with Crippen LogP contribution in [0, 0.1) is 0 Å². The molecule has 1 fully saturated rings. The zero-order chi connectivity index (χ0) is 19.8. The molecule has 1 aliphatic heterocycles. The highest BCUT2D eigenvalue weighted by Gasteiger charge is 2.33. The molecule has 0 aliphatic carbocycles. The van der Waals surface area contributed by atoms with Gasteiger partial charge in [-0.3, -0.25) is 9.69 Å². The van der Waals surface area contributed by atoms with Crippen molar-refractivity contribution in [3.05, 3.63) is 79.8 Å². The summed E-state index contributed by atoms with van der Waals surface area (Å²) in [6.07, 6.45) is 1.68. The lowest BCUT2D eigenvalue weighted by molar-refractivity contribution is -0.113. The Balaban J connectivity index is 1.62. The maximum Gasteiger partial charge on any atom is 0.270 e. The molecule has 2 heterocycles. The molecule has 4 rings (SSSR count). The number of hydrogen-bond donors (Lipinski definition) is 0. The van der Waals surface area contributed by atoms with Crippen LogP contribution in [-0.2, 0) is 4.79 Å². The van der Waals surface area contributed by atoms with E-state index in [1.807, 2.05) is 24.3 Å². The molecule has 2 aromatic carbocycles. The van der Waals surface area contributed by atoms with Crippen LogP contribution >= 0.6 is 63.1 Å². The van der Waals surface area contributed by atoms with E-state index in [4.69, 9.17) is 39.8 Å². The van der Waals surface area contributed by atoms with Gasteiger partial charge in [-0.2, -0.15) is 0 Å². The van der Waals surface area contributed by atoms with Crippen LogP contribution < -0.4 is 4.90 Å². The quantitative estimate of drug-likeness (QED) is 0.271. The van der Waals surface area contributed by atoms with Gasteiger partial charge in [0.25, 0.3) is 5.91 Å². The lowest BCUT2D eigenvalue weighted by atomic mass is 10.2. The second-order valence-electron chi connectivity index (χ2n) is 5.82. The van der Waals surface area contributed by atoms with Gasteiger partial charge >= 0.3 is 0 Å². The number of carbonyl (C=O) groups is 1. The number of halogens is 3. The summed E-state index contributed by atoms with van der Waals surface area (Å²) in [6.45, 7) is 0. The third-order valence-electron chi connectivity index (χ3n) is 3.97. The van der Waals surface area contributed by atoms with Gasteiger partial charge in [0.2, 0.25) is 0 Å². The summed E-state index contributed by atoms with van der Waals surface area (Å²) in [5, 5.41) is 1.10. The average Bonchev–Trinajstić information content (AvgIpc) is 3.23. The van der Waals surface area contributed by atoms with Gasteiger partial charge in [-0.25, -0.2) is 0 Å². The molecule has 28 heavy (non-hydrogen) atoms. The molecule has 0 atom stereocenters. The highest BCUT2D eigenvalue weighted by molar-refractivity contribution is 9.10. The Kier molecular flexibility index (Phi) is 5.67. The van der Waals surface area contributed by atoms with Gasteiger partial charge in [-0.15, -0.1) is 0 Å². The molecule has 140 valence electrons. The van der Waals surface area contributed by atoms with Gasteiger partial charge in [0.05, 0.1) is 15.6 Å². The fourth-order valence-electron chi connectivity index (χ4n) is 2.67. The van der Waals surface area contributed by atoms with Crippen LogP contribution in [0.3, 0.4) is 0 Å². The molecule has 0 spiro atoms. The number of amides is 1. The molecule has 3 nitrogen and oxygen atoms in total. The summed E-state index contributed by atoms with van der Waals surface area (Å²) >= 11 is 22.3. The molecule has 1 aromatic heterocycles. The molecule has 8 heteroatoms. The zero-order valence-electron chi connectivity index (χ0n) is 14.0. The SMILES string of the molecule is O=C1/C(=C\c2ccc(-c3cc(Cl)ccc3Cl)o2)SC(=S)N1c1ccc(Br)cc1. The summed E-state index contributed by atoms with van der Waals surface area (Å²) in [6, 6.07) is 16.1. The molecule has 1 aliphatic rings. The fraction of sp³-hybridized carbons (Fsp3) is 0. The number of hydrogen-bond acceptors (Lipinski definition) is 4. The van der Waals surface area contributed by atoms with Gasteiger partial charge in [-0.1, -0.05) is 63.1 Å². The second kappa shape index (κ2) is 8.05. The highest BCUT2D eigenvalue weighted by atomic mass is 79.9.